The Kier molecular flexibility index (Phi) is 3.46. The molecule has 4 aromatic rings. The van der Waals surface area contributed by atoms with E-state index >= 15 is 0 Å². The lowest BCUT2D eigenvalue weighted by Gasteiger charge is -2.26. The molecule has 0 unspecified atom stereocenters. The van der Waals surface area contributed by atoms with Gasteiger partial charge in [0, 0.05) is 24.7 Å². The Morgan fingerprint density at radius 3 is 2.88 bits per heavy atom. The maximum atomic E-state index is 12.9. The van der Waals surface area contributed by atoms with Crippen LogP contribution in [0.15, 0.2) is 48.9 Å². The number of hydrogen-bond donors (Lipinski definition) is 1. The number of carbonyl (C=O) groups excluding carboxylic acids is 1. The smallest absolute Gasteiger partial charge is 0.272 e. The molecule has 1 fully saturated rings. The van der Waals surface area contributed by atoms with Gasteiger partial charge in [-0.15, -0.1) is 0 Å². The van der Waals surface area contributed by atoms with Gasteiger partial charge in [0.05, 0.1) is 31.1 Å². The standard InChI is InChI=1S/C19H17N5O2/c25-19(23-6-8-26-9-7-23)17-11-20-18-5-4-13(12-24(17)18)14-2-1-3-16-15(14)10-21-22-16/h1-5,10-12H,6-9H2,(H,21,22). The molecule has 0 spiro atoms. The van der Waals surface area contributed by atoms with Crippen molar-refractivity contribution in [2.45, 2.75) is 0 Å². The number of aromatic amines is 1. The molecular formula is C19H17N5O2. The zero-order chi connectivity index (χ0) is 17.5. The third kappa shape index (κ3) is 2.36. The largest absolute Gasteiger partial charge is 0.378 e. The number of carbonyl (C=O) groups is 1. The second-order valence-electron chi connectivity index (χ2n) is 6.33. The number of nitrogens with one attached hydrogen (secondary N) is 1. The lowest BCUT2D eigenvalue weighted by molar-refractivity contribution is 0.0298. The highest BCUT2D eigenvalue weighted by atomic mass is 16.5. The van der Waals surface area contributed by atoms with E-state index in [1.807, 2.05) is 46.0 Å². The van der Waals surface area contributed by atoms with Crippen LogP contribution in [0.4, 0.5) is 0 Å². The van der Waals surface area contributed by atoms with Gasteiger partial charge in [0.25, 0.3) is 5.91 Å². The number of imidazole rings is 1. The van der Waals surface area contributed by atoms with Gasteiger partial charge in [-0.3, -0.25) is 14.3 Å². The number of fused-ring (bicyclic) bond motifs is 2. The fourth-order valence-electron chi connectivity index (χ4n) is 3.45. The van der Waals surface area contributed by atoms with Crippen molar-refractivity contribution in [2.75, 3.05) is 26.3 Å². The quantitative estimate of drug-likeness (QED) is 0.604. The first-order chi connectivity index (χ1) is 12.8. The van der Waals surface area contributed by atoms with Crippen LogP contribution in [0.2, 0.25) is 0 Å². The summed E-state index contributed by atoms with van der Waals surface area (Å²) in [5.74, 6) is -0.0144. The summed E-state index contributed by atoms with van der Waals surface area (Å²) in [7, 11) is 0. The summed E-state index contributed by atoms with van der Waals surface area (Å²) in [6, 6.07) is 10.00. The van der Waals surface area contributed by atoms with Gasteiger partial charge >= 0.3 is 0 Å². The van der Waals surface area contributed by atoms with E-state index in [0.29, 0.717) is 32.0 Å². The van der Waals surface area contributed by atoms with Gasteiger partial charge < -0.3 is 9.64 Å². The SMILES string of the molecule is O=C(c1cnc2ccc(-c3cccc4[nH]ncc34)cn12)N1CCOCC1. The van der Waals surface area contributed by atoms with Crippen LogP contribution < -0.4 is 0 Å². The van der Waals surface area contributed by atoms with E-state index < -0.39 is 0 Å². The summed E-state index contributed by atoms with van der Waals surface area (Å²) >= 11 is 0. The van der Waals surface area contributed by atoms with Gasteiger partial charge in [-0.25, -0.2) is 4.98 Å². The maximum absolute atomic E-state index is 12.9. The van der Waals surface area contributed by atoms with Crippen molar-refractivity contribution >= 4 is 22.5 Å². The molecule has 0 radical (unpaired) electrons. The molecule has 4 heterocycles. The second-order valence-corrected chi connectivity index (χ2v) is 6.33. The monoisotopic (exact) mass is 347 g/mol. The summed E-state index contributed by atoms with van der Waals surface area (Å²) in [6.07, 6.45) is 5.44. The molecule has 1 aromatic carbocycles. The number of ether oxygens (including phenoxy) is 1. The maximum Gasteiger partial charge on any atom is 0.272 e. The molecule has 0 aliphatic carbocycles. The predicted octanol–water partition coefficient (Wildman–Crippen LogP) is 2.35. The fraction of sp³-hybridized carbons (Fsp3) is 0.211. The van der Waals surface area contributed by atoms with Crippen molar-refractivity contribution in [3.05, 3.63) is 54.6 Å². The zero-order valence-electron chi connectivity index (χ0n) is 14.1. The first-order valence-corrected chi connectivity index (χ1v) is 8.58. The first kappa shape index (κ1) is 15.1. The summed E-state index contributed by atoms with van der Waals surface area (Å²) in [5, 5.41) is 8.17. The molecule has 0 saturated carbocycles. The molecule has 0 bridgehead atoms. The van der Waals surface area contributed by atoms with E-state index in [0.717, 1.165) is 27.7 Å². The summed E-state index contributed by atoms with van der Waals surface area (Å²) in [6.45, 7) is 2.38. The Morgan fingerprint density at radius 2 is 2.00 bits per heavy atom. The molecule has 1 aliphatic rings. The van der Waals surface area contributed by atoms with Crippen LogP contribution in [0, 0.1) is 0 Å². The van der Waals surface area contributed by atoms with E-state index in [1.165, 1.54) is 0 Å². The number of rotatable bonds is 2. The Bertz CT molecular complexity index is 1110. The second kappa shape index (κ2) is 5.96. The summed E-state index contributed by atoms with van der Waals surface area (Å²) in [4.78, 5) is 19.1. The van der Waals surface area contributed by atoms with Crippen LogP contribution in [0.25, 0.3) is 27.7 Å². The number of benzene rings is 1. The van der Waals surface area contributed by atoms with E-state index in [1.54, 1.807) is 6.20 Å². The van der Waals surface area contributed by atoms with Crippen molar-refractivity contribution in [1.82, 2.24) is 24.5 Å². The molecule has 1 amide bonds. The van der Waals surface area contributed by atoms with Crippen molar-refractivity contribution in [3.63, 3.8) is 0 Å². The number of morpholine rings is 1. The minimum atomic E-state index is -0.0144. The van der Waals surface area contributed by atoms with Gasteiger partial charge in [-0.1, -0.05) is 12.1 Å². The van der Waals surface area contributed by atoms with Crippen LogP contribution in [0.1, 0.15) is 10.5 Å². The van der Waals surface area contributed by atoms with Crippen LogP contribution in [-0.4, -0.2) is 56.7 Å². The van der Waals surface area contributed by atoms with Gasteiger partial charge in [-0.05, 0) is 29.3 Å². The van der Waals surface area contributed by atoms with E-state index in [4.69, 9.17) is 4.74 Å². The molecule has 1 N–H and O–H groups in total. The van der Waals surface area contributed by atoms with Crippen LogP contribution in [0.5, 0.6) is 0 Å². The van der Waals surface area contributed by atoms with Gasteiger partial charge in [0.15, 0.2) is 0 Å². The number of H-pyrrole nitrogens is 1. The molecule has 7 heteroatoms. The van der Waals surface area contributed by atoms with Crippen molar-refractivity contribution in [2.24, 2.45) is 0 Å². The van der Waals surface area contributed by atoms with Crippen molar-refractivity contribution < 1.29 is 9.53 Å². The fourth-order valence-corrected chi connectivity index (χ4v) is 3.45. The lowest BCUT2D eigenvalue weighted by atomic mass is 10.0. The number of hydrogen-bond acceptors (Lipinski definition) is 4. The molecule has 1 aliphatic heterocycles. The van der Waals surface area contributed by atoms with Gasteiger partial charge in [0.2, 0.25) is 0 Å². The predicted molar refractivity (Wildman–Crippen MR) is 97.0 cm³/mol. The number of pyridine rings is 1. The average molecular weight is 347 g/mol. The Morgan fingerprint density at radius 1 is 1.12 bits per heavy atom. The normalized spacial score (nSPS) is 15.0. The van der Waals surface area contributed by atoms with E-state index in [2.05, 4.69) is 21.2 Å². The Hall–Kier alpha value is -3.19. The molecule has 0 atom stereocenters. The van der Waals surface area contributed by atoms with Crippen LogP contribution >= 0.6 is 0 Å². The van der Waals surface area contributed by atoms with Gasteiger partial charge in [0.1, 0.15) is 11.3 Å². The molecule has 26 heavy (non-hydrogen) atoms. The summed E-state index contributed by atoms with van der Waals surface area (Å²) in [5.41, 5.74) is 4.39. The average Bonchev–Trinajstić information content (AvgIpc) is 3.34. The highest BCUT2D eigenvalue weighted by Gasteiger charge is 2.22. The van der Waals surface area contributed by atoms with Crippen molar-refractivity contribution in [1.29, 1.82) is 0 Å². The summed E-state index contributed by atoms with van der Waals surface area (Å²) < 4.78 is 7.21. The molecule has 1 saturated heterocycles. The highest BCUT2D eigenvalue weighted by molar-refractivity contribution is 5.95. The molecular weight excluding hydrogens is 330 g/mol. The van der Waals surface area contributed by atoms with E-state index in [9.17, 15) is 4.79 Å². The number of nitrogens with zero attached hydrogens (tertiary/aromatic N) is 4. The highest BCUT2D eigenvalue weighted by Crippen LogP contribution is 2.28. The molecule has 3 aromatic heterocycles. The minimum Gasteiger partial charge on any atom is -0.378 e. The van der Waals surface area contributed by atoms with Crippen LogP contribution in [0.3, 0.4) is 0 Å². The molecule has 130 valence electrons. The number of amides is 1. The first-order valence-electron chi connectivity index (χ1n) is 8.58. The third-order valence-corrected chi connectivity index (χ3v) is 4.82. The van der Waals surface area contributed by atoms with Gasteiger partial charge in [-0.2, -0.15) is 5.10 Å². The van der Waals surface area contributed by atoms with Crippen LogP contribution in [-0.2, 0) is 4.74 Å². The van der Waals surface area contributed by atoms with Crippen molar-refractivity contribution in [3.8, 4) is 11.1 Å². The Labute approximate surface area is 149 Å². The zero-order valence-corrected chi connectivity index (χ0v) is 14.1. The Balaban J connectivity index is 1.61. The van der Waals surface area contributed by atoms with E-state index in [-0.39, 0.29) is 5.91 Å². The molecule has 7 nitrogen and oxygen atoms in total. The lowest BCUT2D eigenvalue weighted by Crippen LogP contribution is -2.41. The topological polar surface area (TPSA) is 75.5 Å². The number of aromatic nitrogens is 4. The molecule has 5 rings (SSSR count). The minimum absolute atomic E-state index is 0.0144. The third-order valence-electron chi connectivity index (χ3n) is 4.82.